The molecular weight excluding hydrogens is 399 g/mol. The minimum atomic E-state index is -5.42. The largest absolute Gasteiger partial charge is 0.790 e. The molecule has 10 atom stereocenters. The highest BCUT2D eigenvalue weighted by Gasteiger charge is 2.49. The van der Waals surface area contributed by atoms with Crippen LogP contribution in [0.3, 0.4) is 0 Å². The highest BCUT2D eigenvalue weighted by molar-refractivity contribution is 7.43. The third-order valence-electron chi connectivity index (χ3n) is 4.18. The molecule has 0 spiro atoms. The number of aliphatic hydroxyl groups is 7. The first-order valence-corrected chi connectivity index (χ1v) is 9.24. The van der Waals surface area contributed by atoms with Crippen molar-refractivity contribution in [2.75, 3.05) is 13.2 Å². The number of hydrogen-bond donors (Lipinski definition) is 7. The standard InChI is InChI=1S/C12H23O14P/c13-1-3-5(14)7(16)9(18)11(24-3)26-12-10(19)8(17)6(15)4(25-12)2-23-27(20,21)22/h3-19H,1-2H2,(H2,20,21,22)/p-2/t3-,4-,5-,6-,7+,8+,9-,10-,11-,12-/m1/s1. The zero-order valence-electron chi connectivity index (χ0n) is 13.6. The van der Waals surface area contributed by atoms with Crippen LogP contribution in [0.2, 0.25) is 0 Å². The second-order valence-corrected chi connectivity index (χ2v) is 7.24. The minimum absolute atomic E-state index is 0.751. The topological polar surface area (TPSA) is 242 Å². The highest BCUT2D eigenvalue weighted by atomic mass is 31.2. The lowest BCUT2D eigenvalue weighted by Crippen LogP contribution is -2.63. The molecule has 0 bridgehead atoms. The van der Waals surface area contributed by atoms with Crippen LogP contribution in [0, 0.1) is 0 Å². The van der Waals surface area contributed by atoms with E-state index in [-0.39, 0.29) is 0 Å². The predicted molar refractivity (Wildman–Crippen MR) is 75.1 cm³/mol. The number of phosphoric acid groups is 1. The molecule has 0 saturated carbocycles. The Hall–Kier alpha value is -0.290. The van der Waals surface area contributed by atoms with Gasteiger partial charge in [0.25, 0.3) is 0 Å². The van der Waals surface area contributed by atoms with Gasteiger partial charge >= 0.3 is 0 Å². The first-order chi connectivity index (χ1) is 12.5. The van der Waals surface area contributed by atoms with Gasteiger partial charge in [-0.1, -0.05) is 0 Å². The summed E-state index contributed by atoms with van der Waals surface area (Å²) in [5.41, 5.74) is 0. The molecule has 2 saturated heterocycles. The number of hydrogen-bond acceptors (Lipinski definition) is 14. The number of rotatable bonds is 6. The van der Waals surface area contributed by atoms with Gasteiger partial charge in [-0.15, -0.1) is 0 Å². The van der Waals surface area contributed by atoms with E-state index in [1.165, 1.54) is 0 Å². The molecule has 14 nitrogen and oxygen atoms in total. The Morgan fingerprint density at radius 2 is 1.22 bits per heavy atom. The maximum Gasteiger partial charge on any atom is 0.189 e. The van der Waals surface area contributed by atoms with Gasteiger partial charge in [-0.25, -0.2) is 0 Å². The molecule has 0 unspecified atom stereocenters. The van der Waals surface area contributed by atoms with E-state index in [1.54, 1.807) is 0 Å². The van der Waals surface area contributed by atoms with Crippen LogP contribution in [-0.4, -0.2) is 110 Å². The van der Waals surface area contributed by atoms with Crippen molar-refractivity contribution < 1.29 is 68.8 Å². The third-order valence-corrected chi connectivity index (χ3v) is 4.65. The number of phosphoric ester groups is 1. The normalized spacial score (nSPS) is 46.4. The Bertz CT molecular complexity index is 526. The van der Waals surface area contributed by atoms with Gasteiger partial charge < -0.3 is 68.8 Å². The van der Waals surface area contributed by atoms with E-state index in [4.69, 9.17) is 19.3 Å². The van der Waals surface area contributed by atoms with Crippen LogP contribution in [0.15, 0.2) is 0 Å². The Labute approximate surface area is 152 Å². The summed E-state index contributed by atoms with van der Waals surface area (Å²) in [7, 11) is -5.42. The lowest BCUT2D eigenvalue weighted by molar-refractivity contribution is -0.379. The Balaban J connectivity index is 2.08. The molecule has 7 N–H and O–H groups in total. The number of aliphatic hydroxyl groups excluding tert-OH is 7. The van der Waals surface area contributed by atoms with Gasteiger partial charge in [-0.05, 0) is 0 Å². The van der Waals surface area contributed by atoms with E-state index >= 15 is 0 Å². The van der Waals surface area contributed by atoms with E-state index in [1.807, 2.05) is 0 Å². The van der Waals surface area contributed by atoms with Crippen LogP contribution in [0.5, 0.6) is 0 Å². The van der Waals surface area contributed by atoms with E-state index in [2.05, 4.69) is 4.52 Å². The molecule has 2 aliphatic rings. The lowest BCUT2D eigenvalue weighted by Gasteiger charge is -2.45. The van der Waals surface area contributed by atoms with Crippen molar-refractivity contribution in [3.63, 3.8) is 0 Å². The fourth-order valence-electron chi connectivity index (χ4n) is 2.64. The van der Waals surface area contributed by atoms with Crippen molar-refractivity contribution in [1.82, 2.24) is 0 Å². The van der Waals surface area contributed by atoms with E-state index < -0.39 is 82.4 Å². The molecule has 2 rings (SSSR count). The van der Waals surface area contributed by atoms with Crippen molar-refractivity contribution in [2.45, 2.75) is 61.4 Å². The minimum Gasteiger partial charge on any atom is -0.790 e. The molecule has 0 radical (unpaired) electrons. The fraction of sp³-hybridized carbons (Fsp3) is 1.00. The van der Waals surface area contributed by atoms with Gasteiger partial charge in [-0.2, -0.15) is 0 Å². The summed E-state index contributed by atoms with van der Waals surface area (Å²) in [5.74, 6) is 0. The van der Waals surface area contributed by atoms with Crippen molar-refractivity contribution in [2.24, 2.45) is 0 Å². The molecule has 0 amide bonds. The van der Waals surface area contributed by atoms with Crippen molar-refractivity contribution in [1.29, 1.82) is 0 Å². The summed E-state index contributed by atoms with van der Waals surface area (Å²) in [6.45, 7) is -1.75. The van der Waals surface area contributed by atoms with Gasteiger partial charge in [0, 0.05) is 0 Å². The van der Waals surface area contributed by atoms with E-state index in [0.29, 0.717) is 0 Å². The van der Waals surface area contributed by atoms with Crippen LogP contribution in [0.25, 0.3) is 0 Å². The maximum atomic E-state index is 10.5. The summed E-state index contributed by atoms with van der Waals surface area (Å²) in [5, 5.41) is 68.0. The third kappa shape index (κ3) is 5.41. The molecule has 0 aromatic heterocycles. The van der Waals surface area contributed by atoms with E-state index in [9.17, 15) is 45.0 Å². The van der Waals surface area contributed by atoms with Crippen LogP contribution >= 0.6 is 7.82 Å². The zero-order valence-corrected chi connectivity index (χ0v) is 14.5. The molecule has 2 aliphatic heterocycles. The highest BCUT2D eigenvalue weighted by Crippen LogP contribution is 2.31. The summed E-state index contributed by atoms with van der Waals surface area (Å²) in [4.78, 5) is 21.1. The van der Waals surface area contributed by atoms with Crippen LogP contribution in [0.1, 0.15) is 0 Å². The average Bonchev–Trinajstić information content (AvgIpc) is 2.60. The van der Waals surface area contributed by atoms with Gasteiger partial charge in [0.15, 0.2) is 12.6 Å². The Morgan fingerprint density at radius 1 is 0.778 bits per heavy atom. The summed E-state index contributed by atoms with van der Waals surface area (Å²) < 4.78 is 29.7. The van der Waals surface area contributed by atoms with Gasteiger partial charge in [-0.3, -0.25) is 0 Å². The summed E-state index contributed by atoms with van der Waals surface area (Å²) >= 11 is 0. The molecule has 160 valence electrons. The van der Waals surface area contributed by atoms with Crippen molar-refractivity contribution in [3.8, 4) is 0 Å². The number of ether oxygens (including phenoxy) is 3. The van der Waals surface area contributed by atoms with Crippen LogP contribution < -0.4 is 9.79 Å². The molecule has 2 heterocycles. The second-order valence-electron chi connectivity index (χ2n) is 6.09. The average molecular weight is 420 g/mol. The Kier molecular flexibility index (Phi) is 7.68. The predicted octanol–water partition coefficient (Wildman–Crippen LogP) is -6.54. The molecule has 0 aliphatic carbocycles. The van der Waals surface area contributed by atoms with Crippen molar-refractivity contribution in [3.05, 3.63) is 0 Å². The molecular formula is C12H21O14P-2. The summed E-state index contributed by atoms with van der Waals surface area (Å²) in [6.07, 6.45) is -17.5. The monoisotopic (exact) mass is 420 g/mol. The fourth-order valence-corrected chi connectivity index (χ4v) is 2.97. The molecule has 2 fully saturated rings. The SMILES string of the molecule is O=P([O-])([O-])OC[C@H]1O[C@H](O[C@H]2O[C@H](CO)[C@@H](O)[C@H](O)[C@H]2O)[C@H](O)[C@@H](O)[C@@H]1O. The zero-order chi connectivity index (χ0) is 20.5. The molecule has 0 aromatic carbocycles. The first kappa shape index (κ1) is 23.0. The molecule has 15 heteroatoms. The van der Waals surface area contributed by atoms with Gasteiger partial charge in [0.1, 0.15) is 48.8 Å². The van der Waals surface area contributed by atoms with E-state index in [0.717, 1.165) is 0 Å². The molecule has 0 aromatic rings. The Morgan fingerprint density at radius 3 is 1.67 bits per heavy atom. The summed E-state index contributed by atoms with van der Waals surface area (Å²) in [6, 6.07) is 0. The maximum absolute atomic E-state index is 10.5. The van der Waals surface area contributed by atoms with Gasteiger partial charge in [0.05, 0.1) is 21.0 Å². The van der Waals surface area contributed by atoms with Crippen LogP contribution in [0.4, 0.5) is 0 Å². The van der Waals surface area contributed by atoms with Crippen molar-refractivity contribution >= 4 is 7.82 Å². The quantitative estimate of drug-likeness (QED) is 0.198. The first-order valence-electron chi connectivity index (χ1n) is 7.78. The second kappa shape index (κ2) is 9.02. The lowest BCUT2D eigenvalue weighted by atomic mass is 9.98. The van der Waals surface area contributed by atoms with Crippen LogP contribution in [-0.2, 0) is 23.3 Å². The van der Waals surface area contributed by atoms with Gasteiger partial charge in [0.2, 0.25) is 0 Å². The molecule has 27 heavy (non-hydrogen) atoms. The smallest absolute Gasteiger partial charge is 0.189 e.